The summed E-state index contributed by atoms with van der Waals surface area (Å²) in [7, 11) is 0. The average Bonchev–Trinajstić information content (AvgIpc) is 2.90. The first-order valence-corrected chi connectivity index (χ1v) is 5.88. The van der Waals surface area contributed by atoms with E-state index in [0.717, 1.165) is 17.9 Å². The lowest BCUT2D eigenvalue weighted by atomic mass is 10.2. The van der Waals surface area contributed by atoms with Crippen molar-refractivity contribution in [3.8, 4) is 0 Å². The Hall–Kier alpha value is -1.62. The molecule has 0 spiro atoms. The van der Waals surface area contributed by atoms with E-state index in [1.807, 2.05) is 13.0 Å². The fourth-order valence-corrected chi connectivity index (χ4v) is 1.93. The maximum atomic E-state index is 4.71. The Bertz CT molecular complexity index is 474. The van der Waals surface area contributed by atoms with Crippen molar-refractivity contribution in [2.45, 2.75) is 33.4 Å². The zero-order valence-corrected chi connectivity index (χ0v) is 10.5. The summed E-state index contributed by atoms with van der Waals surface area (Å²) in [5, 5.41) is 11.1. The molecule has 2 rings (SSSR count). The summed E-state index contributed by atoms with van der Waals surface area (Å²) in [6, 6.07) is 4.50. The Morgan fingerprint density at radius 2 is 2.29 bits per heavy atom. The topological polar surface area (TPSA) is 55.9 Å². The van der Waals surface area contributed by atoms with Gasteiger partial charge in [0.15, 0.2) is 0 Å². The quantitative estimate of drug-likeness (QED) is 0.858. The van der Waals surface area contributed by atoms with Crippen molar-refractivity contribution in [2.24, 2.45) is 0 Å². The van der Waals surface area contributed by atoms with Gasteiger partial charge in [-0.05, 0) is 32.5 Å². The van der Waals surface area contributed by atoms with E-state index in [2.05, 4.69) is 46.3 Å². The van der Waals surface area contributed by atoms with Gasteiger partial charge in [0.05, 0.1) is 6.54 Å². The van der Waals surface area contributed by atoms with Crippen molar-refractivity contribution in [3.63, 3.8) is 0 Å². The minimum Gasteiger partial charge on any atom is -0.344 e. The molecule has 2 aromatic heterocycles. The van der Waals surface area contributed by atoms with Crippen LogP contribution in [-0.4, -0.2) is 21.4 Å². The van der Waals surface area contributed by atoms with E-state index in [4.69, 9.17) is 4.63 Å². The van der Waals surface area contributed by atoms with E-state index in [1.54, 1.807) is 0 Å². The van der Waals surface area contributed by atoms with Gasteiger partial charge < -0.3 is 9.88 Å². The Kier molecular flexibility index (Phi) is 3.58. The van der Waals surface area contributed by atoms with Gasteiger partial charge in [-0.15, -0.1) is 0 Å². The lowest BCUT2D eigenvalue weighted by Crippen LogP contribution is -2.21. The van der Waals surface area contributed by atoms with Crippen LogP contribution in [0.4, 0.5) is 0 Å². The SMILES string of the molecule is CCNC(C)c1cccn1Cc1nonc1C. The molecule has 0 aliphatic carbocycles. The number of aryl methyl sites for hydroxylation is 1. The van der Waals surface area contributed by atoms with Gasteiger partial charge in [-0.25, -0.2) is 4.63 Å². The van der Waals surface area contributed by atoms with Gasteiger partial charge in [0.1, 0.15) is 11.4 Å². The lowest BCUT2D eigenvalue weighted by Gasteiger charge is -2.15. The number of rotatable bonds is 5. The molecule has 17 heavy (non-hydrogen) atoms. The molecule has 5 nitrogen and oxygen atoms in total. The highest BCUT2D eigenvalue weighted by Crippen LogP contribution is 2.15. The zero-order valence-electron chi connectivity index (χ0n) is 10.5. The Morgan fingerprint density at radius 3 is 2.94 bits per heavy atom. The van der Waals surface area contributed by atoms with Crippen LogP contribution >= 0.6 is 0 Å². The van der Waals surface area contributed by atoms with E-state index < -0.39 is 0 Å². The number of aromatic nitrogens is 3. The summed E-state index contributed by atoms with van der Waals surface area (Å²) in [4.78, 5) is 0. The third-order valence-electron chi connectivity index (χ3n) is 2.89. The summed E-state index contributed by atoms with van der Waals surface area (Å²) in [5.41, 5.74) is 2.97. The highest BCUT2D eigenvalue weighted by molar-refractivity contribution is 5.15. The molecular weight excluding hydrogens is 216 g/mol. The van der Waals surface area contributed by atoms with Gasteiger partial charge in [0.2, 0.25) is 0 Å². The van der Waals surface area contributed by atoms with Crippen LogP contribution in [-0.2, 0) is 6.54 Å². The van der Waals surface area contributed by atoms with E-state index in [1.165, 1.54) is 5.69 Å². The van der Waals surface area contributed by atoms with E-state index in [-0.39, 0.29) is 0 Å². The van der Waals surface area contributed by atoms with Gasteiger partial charge >= 0.3 is 0 Å². The minimum absolute atomic E-state index is 0.329. The van der Waals surface area contributed by atoms with Crippen LogP contribution < -0.4 is 5.32 Å². The Morgan fingerprint density at radius 1 is 1.47 bits per heavy atom. The summed E-state index contributed by atoms with van der Waals surface area (Å²) in [5.74, 6) is 0. The third-order valence-corrected chi connectivity index (χ3v) is 2.89. The van der Waals surface area contributed by atoms with Crippen molar-refractivity contribution in [2.75, 3.05) is 6.54 Å². The largest absolute Gasteiger partial charge is 0.344 e. The van der Waals surface area contributed by atoms with Crippen LogP contribution in [0.2, 0.25) is 0 Å². The molecule has 0 saturated carbocycles. The number of hydrogen-bond donors (Lipinski definition) is 1. The number of nitrogens with zero attached hydrogens (tertiary/aromatic N) is 3. The number of hydrogen-bond acceptors (Lipinski definition) is 4. The lowest BCUT2D eigenvalue weighted by molar-refractivity contribution is 0.300. The first kappa shape index (κ1) is 11.9. The van der Waals surface area contributed by atoms with Gasteiger partial charge in [0.25, 0.3) is 0 Å². The average molecular weight is 234 g/mol. The van der Waals surface area contributed by atoms with E-state index in [9.17, 15) is 0 Å². The molecule has 2 heterocycles. The molecule has 5 heteroatoms. The van der Waals surface area contributed by atoms with Crippen LogP contribution in [0.3, 0.4) is 0 Å². The van der Waals surface area contributed by atoms with Crippen molar-refractivity contribution in [1.29, 1.82) is 0 Å². The molecular formula is C12H18N4O. The van der Waals surface area contributed by atoms with Gasteiger partial charge in [-0.3, -0.25) is 0 Å². The van der Waals surface area contributed by atoms with E-state index in [0.29, 0.717) is 12.6 Å². The van der Waals surface area contributed by atoms with Gasteiger partial charge in [0, 0.05) is 17.9 Å². The molecule has 1 unspecified atom stereocenters. The molecule has 0 aliphatic heterocycles. The second kappa shape index (κ2) is 5.14. The van der Waals surface area contributed by atoms with Crippen LogP contribution in [0.1, 0.15) is 37.0 Å². The third kappa shape index (κ3) is 2.55. The summed E-state index contributed by atoms with van der Waals surface area (Å²) in [6.45, 7) is 7.83. The van der Waals surface area contributed by atoms with Crippen LogP contribution in [0.15, 0.2) is 23.0 Å². The summed E-state index contributed by atoms with van der Waals surface area (Å²) in [6.07, 6.45) is 2.05. The molecule has 0 fully saturated rings. The van der Waals surface area contributed by atoms with Gasteiger partial charge in [-0.1, -0.05) is 17.2 Å². The first-order valence-electron chi connectivity index (χ1n) is 5.88. The minimum atomic E-state index is 0.329. The Balaban J connectivity index is 2.17. The maximum absolute atomic E-state index is 4.71. The Labute approximate surface area is 101 Å². The van der Waals surface area contributed by atoms with Crippen molar-refractivity contribution < 1.29 is 4.63 Å². The molecule has 0 saturated heterocycles. The fraction of sp³-hybridized carbons (Fsp3) is 0.500. The highest BCUT2D eigenvalue weighted by atomic mass is 16.6. The molecule has 2 aromatic rings. The molecule has 0 aromatic carbocycles. The molecule has 0 bridgehead atoms. The predicted octanol–water partition coefficient (Wildman–Crippen LogP) is 1.90. The van der Waals surface area contributed by atoms with E-state index >= 15 is 0 Å². The van der Waals surface area contributed by atoms with Crippen molar-refractivity contribution in [3.05, 3.63) is 35.4 Å². The van der Waals surface area contributed by atoms with Crippen LogP contribution in [0, 0.1) is 6.92 Å². The summed E-state index contributed by atoms with van der Waals surface area (Å²) >= 11 is 0. The second-order valence-electron chi connectivity index (χ2n) is 4.14. The molecule has 92 valence electrons. The maximum Gasteiger partial charge on any atom is 0.127 e. The molecule has 1 atom stereocenters. The second-order valence-corrected chi connectivity index (χ2v) is 4.14. The van der Waals surface area contributed by atoms with Gasteiger partial charge in [-0.2, -0.15) is 0 Å². The highest BCUT2D eigenvalue weighted by Gasteiger charge is 2.12. The molecule has 1 N–H and O–H groups in total. The molecule has 0 aliphatic rings. The van der Waals surface area contributed by atoms with Crippen molar-refractivity contribution >= 4 is 0 Å². The van der Waals surface area contributed by atoms with Crippen LogP contribution in [0.5, 0.6) is 0 Å². The fourth-order valence-electron chi connectivity index (χ4n) is 1.93. The smallest absolute Gasteiger partial charge is 0.127 e. The predicted molar refractivity (Wildman–Crippen MR) is 64.7 cm³/mol. The van der Waals surface area contributed by atoms with Crippen LogP contribution in [0.25, 0.3) is 0 Å². The standard InChI is InChI=1S/C12H18N4O/c1-4-13-10(3)12-6-5-7-16(12)8-11-9(2)14-17-15-11/h5-7,10,13H,4,8H2,1-3H3. The normalized spacial score (nSPS) is 12.9. The monoisotopic (exact) mass is 234 g/mol. The first-order chi connectivity index (χ1) is 8.22. The number of nitrogens with one attached hydrogen (secondary N) is 1. The van der Waals surface area contributed by atoms with Crippen molar-refractivity contribution in [1.82, 2.24) is 20.2 Å². The molecule has 0 radical (unpaired) electrons. The molecule has 0 amide bonds. The summed E-state index contributed by atoms with van der Waals surface area (Å²) < 4.78 is 6.88. The zero-order chi connectivity index (χ0) is 12.3.